The minimum atomic E-state index is -2.15. The van der Waals surface area contributed by atoms with E-state index in [1.54, 1.807) is 6.20 Å². The van der Waals surface area contributed by atoms with Gasteiger partial charge < -0.3 is 15.3 Å². The highest BCUT2D eigenvalue weighted by molar-refractivity contribution is 7.98. The fourth-order valence-corrected chi connectivity index (χ4v) is 7.11. The van der Waals surface area contributed by atoms with Gasteiger partial charge in [-0.25, -0.2) is 9.10 Å². The van der Waals surface area contributed by atoms with Gasteiger partial charge in [0, 0.05) is 64.2 Å². The summed E-state index contributed by atoms with van der Waals surface area (Å²) in [6.07, 6.45) is 3.50. The average molecular weight is 496 g/mol. The predicted octanol–water partition coefficient (Wildman–Crippen LogP) is 3.03. The van der Waals surface area contributed by atoms with E-state index in [9.17, 15) is 14.1 Å². The van der Waals surface area contributed by atoms with Crippen LogP contribution in [0.4, 0.5) is 4.79 Å². The topological polar surface area (TPSA) is 102 Å². The lowest BCUT2D eigenvalue weighted by atomic mass is 9.68. The second-order valence-electron chi connectivity index (χ2n) is 9.81. The summed E-state index contributed by atoms with van der Waals surface area (Å²) in [4.78, 5) is 14.5. The van der Waals surface area contributed by atoms with E-state index in [4.69, 9.17) is 11.6 Å². The van der Waals surface area contributed by atoms with Crippen LogP contribution in [0.5, 0.6) is 0 Å². The molecule has 2 aliphatic heterocycles. The molecule has 2 saturated heterocycles. The fraction of sp³-hybridized carbons (Fsp3) is 0.609. The average Bonchev–Trinajstić information content (AvgIpc) is 3.38. The zero-order valence-electron chi connectivity index (χ0n) is 19.3. The number of urea groups is 1. The third kappa shape index (κ3) is 5.01. The van der Waals surface area contributed by atoms with E-state index in [-0.39, 0.29) is 11.9 Å². The molecule has 2 amide bonds. The third-order valence-corrected chi connectivity index (χ3v) is 9.81. The number of aromatic nitrogens is 2. The van der Waals surface area contributed by atoms with Crippen LogP contribution in [-0.2, 0) is 9.71 Å². The van der Waals surface area contributed by atoms with Gasteiger partial charge in [0.2, 0.25) is 0 Å². The number of aliphatic hydroxyl groups is 1. The predicted molar refractivity (Wildman–Crippen MR) is 134 cm³/mol. The number of aromatic amines is 1. The van der Waals surface area contributed by atoms with Crippen LogP contribution in [0.2, 0.25) is 5.02 Å². The van der Waals surface area contributed by atoms with E-state index in [0.717, 1.165) is 42.3 Å². The summed E-state index contributed by atoms with van der Waals surface area (Å²) in [5.74, 6) is 4.70. The first-order chi connectivity index (χ1) is 15.6. The van der Waals surface area contributed by atoms with Crippen molar-refractivity contribution in [1.29, 1.82) is 0 Å². The van der Waals surface area contributed by atoms with Crippen molar-refractivity contribution in [2.75, 3.05) is 38.5 Å². The first-order valence-corrected chi connectivity index (χ1v) is 13.8. The SMILES string of the molecule is C=S1(=O)CCCN1CCNC(=O)N1CCC(C(C)(C)[C@H](O)c2cc(Cl)cc3cn[nH]c23)CC1. The molecule has 0 bridgehead atoms. The Morgan fingerprint density at radius 2 is 2.12 bits per heavy atom. The first-order valence-electron chi connectivity index (χ1n) is 11.5. The number of likely N-dealkylation sites (tertiary alicyclic amines) is 1. The van der Waals surface area contributed by atoms with Crippen molar-refractivity contribution >= 4 is 44.1 Å². The molecule has 1 aromatic heterocycles. The van der Waals surface area contributed by atoms with Crippen molar-refractivity contribution in [2.45, 2.75) is 39.2 Å². The molecular formula is C23H34ClN5O3S. The van der Waals surface area contributed by atoms with Crippen LogP contribution >= 0.6 is 11.6 Å². The molecule has 182 valence electrons. The number of nitrogens with zero attached hydrogens (tertiary/aromatic N) is 3. The van der Waals surface area contributed by atoms with Gasteiger partial charge in [-0.15, -0.1) is 0 Å². The minimum Gasteiger partial charge on any atom is -0.388 e. The van der Waals surface area contributed by atoms with E-state index in [0.29, 0.717) is 37.0 Å². The lowest BCUT2D eigenvalue weighted by Gasteiger charge is -2.43. The molecule has 10 heteroatoms. The molecule has 0 aliphatic carbocycles. The molecule has 8 nitrogen and oxygen atoms in total. The van der Waals surface area contributed by atoms with Gasteiger partial charge in [-0.2, -0.15) is 5.10 Å². The molecule has 2 atom stereocenters. The summed E-state index contributed by atoms with van der Waals surface area (Å²) in [6.45, 7) is 7.23. The Hall–Kier alpha value is -1.81. The number of rotatable bonds is 6. The molecule has 2 aliphatic rings. The number of amides is 2. The highest BCUT2D eigenvalue weighted by Crippen LogP contribution is 2.46. The second-order valence-corrected chi connectivity index (χ2v) is 12.7. The van der Waals surface area contributed by atoms with Gasteiger partial charge >= 0.3 is 6.03 Å². The van der Waals surface area contributed by atoms with E-state index < -0.39 is 21.2 Å². The number of fused-ring (bicyclic) bond motifs is 1. The number of H-pyrrole nitrogens is 1. The van der Waals surface area contributed by atoms with E-state index >= 15 is 0 Å². The monoisotopic (exact) mass is 495 g/mol. The number of hydrogen-bond acceptors (Lipinski definition) is 4. The van der Waals surface area contributed by atoms with E-state index in [1.807, 2.05) is 21.3 Å². The summed E-state index contributed by atoms with van der Waals surface area (Å²) >= 11 is 6.29. The number of nitrogens with one attached hydrogen (secondary N) is 2. The number of hydrogen-bond donors (Lipinski definition) is 3. The smallest absolute Gasteiger partial charge is 0.317 e. The zero-order valence-corrected chi connectivity index (χ0v) is 20.9. The van der Waals surface area contributed by atoms with E-state index in [1.165, 1.54) is 0 Å². The van der Waals surface area contributed by atoms with Crippen molar-refractivity contribution in [2.24, 2.45) is 11.3 Å². The quantitative estimate of drug-likeness (QED) is 0.536. The zero-order chi connectivity index (χ0) is 23.8. The maximum atomic E-state index is 12.6. The molecule has 4 rings (SSSR count). The van der Waals surface area contributed by atoms with Crippen LogP contribution in [-0.4, -0.2) is 79.1 Å². The molecule has 33 heavy (non-hydrogen) atoms. The van der Waals surface area contributed by atoms with E-state index in [2.05, 4.69) is 35.2 Å². The maximum Gasteiger partial charge on any atom is 0.317 e. The molecule has 0 spiro atoms. The van der Waals surface area contributed by atoms with Crippen LogP contribution in [0, 0.1) is 11.3 Å². The number of halogens is 1. The molecule has 1 aromatic carbocycles. The number of carbonyl (C=O) groups excluding carboxylic acids is 1. The lowest BCUT2D eigenvalue weighted by Crippen LogP contribution is -2.48. The second kappa shape index (κ2) is 9.44. The highest BCUT2D eigenvalue weighted by Gasteiger charge is 2.40. The summed E-state index contributed by atoms with van der Waals surface area (Å²) in [5.41, 5.74) is 1.15. The molecular weight excluding hydrogens is 462 g/mol. The van der Waals surface area contributed by atoms with Crippen LogP contribution < -0.4 is 5.32 Å². The molecule has 2 fully saturated rings. The van der Waals surface area contributed by atoms with Crippen LogP contribution in [0.3, 0.4) is 0 Å². The number of benzene rings is 1. The molecule has 2 aromatic rings. The Labute approximate surface area is 200 Å². The Balaban J connectivity index is 1.32. The maximum absolute atomic E-state index is 12.6. The Morgan fingerprint density at radius 3 is 2.79 bits per heavy atom. The standard InChI is InChI=1S/C23H34ClN5O3S/c1-23(2,21(30)19-14-18(24)13-16-15-26-27-20(16)19)17-5-9-28(10-6-17)22(31)25-7-11-29-8-4-12-33(29,3)32/h13-15,17,21,30H,3-12H2,1-2H3,(H,25,31)(H,26,27)/t21-,33?/m1/s1. The van der Waals surface area contributed by atoms with Crippen LogP contribution in [0.25, 0.3) is 10.9 Å². The van der Waals surface area contributed by atoms with Crippen LogP contribution in [0.1, 0.15) is 44.8 Å². The van der Waals surface area contributed by atoms with Gasteiger partial charge in [0.05, 0.1) is 17.8 Å². The third-order valence-electron chi connectivity index (χ3n) is 7.36. The summed E-state index contributed by atoms with van der Waals surface area (Å²) < 4.78 is 14.2. The van der Waals surface area contributed by atoms with Crippen molar-refractivity contribution in [1.82, 2.24) is 24.7 Å². The highest BCUT2D eigenvalue weighted by atomic mass is 35.5. The number of piperidine rings is 1. The van der Waals surface area contributed by atoms with Gasteiger partial charge in [0.15, 0.2) is 0 Å². The molecule has 3 heterocycles. The lowest BCUT2D eigenvalue weighted by molar-refractivity contribution is -0.0143. The van der Waals surface area contributed by atoms with Crippen molar-refractivity contribution in [3.8, 4) is 0 Å². The van der Waals surface area contributed by atoms with Crippen LogP contribution in [0.15, 0.2) is 18.3 Å². The Morgan fingerprint density at radius 1 is 1.39 bits per heavy atom. The summed E-state index contributed by atoms with van der Waals surface area (Å²) in [7, 11) is -2.15. The molecule has 0 saturated carbocycles. The van der Waals surface area contributed by atoms with Gasteiger partial charge in [-0.05, 0) is 48.6 Å². The van der Waals surface area contributed by atoms with Crippen molar-refractivity contribution in [3.63, 3.8) is 0 Å². The Bertz CT molecular complexity index is 1110. The van der Waals surface area contributed by atoms with Gasteiger partial charge in [-0.3, -0.25) is 9.31 Å². The summed E-state index contributed by atoms with van der Waals surface area (Å²) in [5, 5.41) is 22.8. The Kier molecular flexibility index (Phi) is 6.96. The van der Waals surface area contributed by atoms with Crippen molar-refractivity contribution in [3.05, 3.63) is 28.9 Å². The summed E-state index contributed by atoms with van der Waals surface area (Å²) in [6, 6.07) is 3.55. The number of carbonyl (C=O) groups is 1. The molecule has 0 radical (unpaired) electrons. The fourth-order valence-electron chi connectivity index (χ4n) is 5.15. The number of aliphatic hydroxyl groups excluding tert-OH is 1. The van der Waals surface area contributed by atoms with Crippen molar-refractivity contribution < 1.29 is 14.1 Å². The first kappa shape index (κ1) is 24.3. The molecule has 1 unspecified atom stereocenters. The largest absolute Gasteiger partial charge is 0.388 e. The minimum absolute atomic E-state index is 0.0874. The van der Waals surface area contributed by atoms with Gasteiger partial charge in [0.25, 0.3) is 0 Å². The molecule has 3 N–H and O–H groups in total. The van der Waals surface area contributed by atoms with Gasteiger partial charge in [0.1, 0.15) is 0 Å². The van der Waals surface area contributed by atoms with Gasteiger partial charge in [-0.1, -0.05) is 25.4 Å². The normalized spacial score (nSPS) is 23.8.